The number of hydrogen-bond donors (Lipinski definition) is 2. The summed E-state index contributed by atoms with van der Waals surface area (Å²) in [6, 6.07) is 1.21. The van der Waals surface area contributed by atoms with Gasteiger partial charge in [0.2, 0.25) is 0 Å². The summed E-state index contributed by atoms with van der Waals surface area (Å²) >= 11 is 13.1. The molecule has 96 valence electrons. The number of halogens is 2. The van der Waals surface area contributed by atoms with Gasteiger partial charge in [0.25, 0.3) is 0 Å². The first kappa shape index (κ1) is 14.8. The molecule has 1 atom stereocenters. The van der Waals surface area contributed by atoms with Gasteiger partial charge in [-0.15, -0.1) is 11.3 Å². The van der Waals surface area contributed by atoms with Gasteiger partial charge in [-0.2, -0.15) is 0 Å². The summed E-state index contributed by atoms with van der Waals surface area (Å²) in [6.07, 6.45) is 0.588. The molecule has 1 aromatic heterocycles. The van der Waals surface area contributed by atoms with Crippen LogP contribution in [0.1, 0.15) is 25.8 Å². The van der Waals surface area contributed by atoms with Crippen molar-refractivity contribution >= 4 is 40.5 Å². The van der Waals surface area contributed by atoms with E-state index in [4.69, 9.17) is 28.3 Å². The maximum absolute atomic E-state index is 11.0. The molecule has 1 heterocycles. The van der Waals surface area contributed by atoms with E-state index in [0.29, 0.717) is 27.6 Å². The van der Waals surface area contributed by atoms with Crippen LogP contribution in [0.2, 0.25) is 8.67 Å². The van der Waals surface area contributed by atoms with Crippen molar-refractivity contribution < 1.29 is 9.90 Å². The van der Waals surface area contributed by atoms with Crippen LogP contribution in [0.3, 0.4) is 0 Å². The van der Waals surface area contributed by atoms with E-state index < -0.39 is 12.0 Å². The average molecular weight is 296 g/mol. The number of hydrogen-bond acceptors (Lipinski definition) is 3. The third kappa shape index (κ3) is 4.84. The summed E-state index contributed by atoms with van der Waals surface area (Å²) < 4.78 is 1.22. The highest BCUT2D eigenvalue weighted by atomic mass is 35.5. The van der Waals surface area contributed by atoms with Crippen LogP contribution in [0.5, 0.6) is 0 Å². The highest BCUT2D eigenvalue weighted by Gasteiger charge is 2.18. The molecule has 2 N–H and O–H groups in total. The lowest BCUT2D eigenvalue weighted by Crippen LogP contribution is -2.37. The van der Waals surface area contributed by atoms with E-state index in [2.05, 4.69) is 5.32 Å². The molecule has 1 rings (SSSR count). The van der Waals surface area contributed by atoms with E-state index >= 15 is 0 Å². The Morgan fingerprint density at radius 1 is 1.53 bits per heavy atom. The van der Waals surface area contributed by atoms with E-state index in [1.165, 1.54) is 11.3 Å². The van der Waals surface area contributed by atoms with E-state index in [-0.39, 0.29) is 0 Å². The Hall–Kier alpha value is -0.290. The second-order valence-electron chi connectivity index (χ2n) is 4.25. The van der Waals surface area contributed by atoms with Crippen molar-refractivity contribution in [3.63, 3.8) is 0 Å². The average Bonchev–Trinajstić information content (AvgIpc) is 2.51. The van der Waals surface area contributed by atoms with E-state index in [0.717, 1.165) is 5.56 Å². The van der Waals surface area contributed by atoms with Crippen molar-refractivity contribution in [1.82, 2.24) is 5.32 Å². The van der Waals surface area contributed by atoms with Crippen LogP contribution in [0.25, 0.3) is 0 Å². The first-order chi connectivity index (χ1) is 7.90. The van der Waals surface area contributed by atoms with Crippen molar-refractivity contribution in [1.29, 1.82) is 0 Å². The van der Waals surface area contributed by atoms with Crippen molar-refractivity contribution in [2.24, 2.45) is 5.92 Å². The molecule has 3 nitrogen and oxygen atoms in total. The number of nitrogens with one attached hydrogen (secondary N) is 1. The molecular weight excluding hydrogens is 281 g/mol. The predicted molar refractivity (Wildman–Crippen MR) is 72.1 cm³/mol. The lowest BCUT2D eigenvalue weighted by molar-refractivity contribution is -0.140. The first-order valence-electron chi connectivity index (χ1n) is 5.30. The minimum Gasteiger partial charge on any atom is -0.480 e. The molecule has 0 radical (unpaired) electrons. The van der Waals surface area contributed by atoms with Crippen LogP contribution < -0.4 is 5.32 Å². The Labute approximate surface area is 115 Å². The van der Waals surface area contributed by atoms with Crippen molar-refractivity contribution in [3.05, 3.63) is 20.3 Å². The zero-order valence-electron chi connectivity index (χ0n) is 9.67. The maximum atomic E-state index is 11.0. The number of carboxylic acids is 1. The zero-order valence-corrected chi connectivity index (χ0v) is 12.0. The number of carbonyl (C=O) groups is 1. The lowest BCUT2D eigenvalue weighted by Gasteiger charge is -2.16. The smallest absolute Gasteiger partial charge is 0.320 e. The molecule has 0 amide bonds. The van der Waals surface area contributed by atoms with E-state index in [9.17, 15) is 4.79 Å². The third-order valence-electron chi connectivity index (χ3n) is 2.27. The molecule has 17 heavy (non-hydrogen) atoms. The van der Waals surface area contributed by atoms with Gasteiger partial charge >= 0.3 is 5.97 Å². The first-order valence-corrected chi connectivity index (χ1v) is 6.87. The largest absolute Gasteiger partial charge is 0.480 e. The van der Waals surface area contributed by atoms with Crippen LogP contribution >= 0.6 is 34.5 Å². The van der Waals surface area contributed by atoms with Gasteiger partial charge < -0.3 is 10.4 Å². The fraction of sp³-hybridized carbons (Fsp3) is 0.545. The summed E-state index contributed by atoms with van der Waals surface area (Å²) in [5, 5.41) is 12.0. The standard InChI is InChI=1S/C11H15Cl2NO2S/c1-6(2)3-8(11(15)16)14-5-7-4-9(12)17-10(7)13/h4,6,8,14H,3,5H2,1-2H3,(H,15,16)/t8-/m1/s1. The minimum atomic E-state index is -0.837. The summed E-state index contributed by atoms with van der Waals surface area (Å²) in [5.41, 5.74) is 0.844. The number of aliphatic carboxylic acids is 1. The molecular formula is C11H15Cl2NO2S. The maximum Gasteiger partial charge on any atom is 0.320 e. The van der Waals surface area contributed by atoms with Gasteiger partial charge in [0, 0.05) is 6.54 Å². The summed E-state index contributed by atoms with van der Waals surface area (Å²) in [7, 11) is 0. The predicted octanol–water partition coefficient (Wildman–Crippen LogP) is 3.64. The minimum absolute atomic E-state index is 0.324. The molecule has 0 saturated heterocycles. The van der Waals surface area contributed by atoms with Crippen molar-refractivity contribution in [3.8, 4) is 0 Å². The van der Waals surface area contributed by atoms with Crippen LogP contribution in [-0.2, 0) is 11.3 Å². The monoisotopic (exact) mass is 295 g/mol. The highest BCUT2D eigenvalue weighted by Crippen LogP contribution is 2.31. The van der Waals surface area contributed by atoms with Crippen molar-refractivity contribution in [2.45, 2.75) is 32.9 Å². The summed E-state index contributed by atoms with van der Waals surface area (Å²) in [5.74, 6) is -0.513. The Bertz CT molecular complexity index is 393. The zero-order chi connectivity index (χ0) is 13.0. The number of thiophene rings is 1. The summed E-state index contributed by atoms with van der Waals surface area (Å²) in [4.78, 5) is 11.0. The molecule has 0 unspecified atom stereocenters. The molecule has 0 spiro atoms. The molecule has 0 aliphatic rings. The normalized spacial score (nSPS) is 13.0. The van der Waals surface area contributed by atoms with Crippen molar-refractivity contribution in [2.75, 3.05) is 0 Å². The number of rotatable bonds is 6. The van der Waals surface area contributed by atoms with Gasteiger partial charge in [0.05, 0.1) is 8.67 Å². The second-order valence-corrected chi connectivity index (χ2v) is 6.54. The van der Waals surface area contributed by atoms with Gasteiger partial charge in [-0.3, -0.25) is 4.79 Å². The van der Waals surface area contributed by atoms with Gasteiger partial charge in [-0.25, -0.2) is 0 Å². The Kier molecular flexibility index (Phi) is 5.73. The van der Waals surface area contributed by atoms with Crippen LogP contribution in [-0.4, -0.2) is 17.1 Å². The molecule has 0 bridgehead atoms. The van der Waals surface area contributed by atoms with Crippen LogP contribution in [0.15, 0.2) is 6.07 Å². The molecule has 0 fully saturated rings. The third-order valence-corrected chi connectivity index (χ3v) is 3.84. The fourth-order valence-electron chi connectivity index (χ4n) is 1.47. The Morgan fingerprint density at radius 2 is 2.18 bits per heavy atom. The Balaban J connectivity index is 2.57. The van der Waals surface area contributed by atoms with E-state index in [1.54, 1.807) is 6.07 Å². The lowest BCUT2D eigenvalue weighted by atomic mass is 10.0. The van der Waals surface area contributed by atoms with Crippen LogP contribution in [0, 0.1) is 5.92 Å². The topological polar surface area (TPSA) is 49.3 Å². The molecule has 0 aliphatic heterocycles. The molecule has 6 heteroatoms. The van der Waals surface area contributed by atoms with Gasteiger partial charge in [-0.05, 0) is 24.0 Å². The molecule has 0 aliphatic carbocycles. The fourth-order valence-corrected chi connectivity index (χ4v) is 2.96. The van der Waals surface area contributed by atoms with E-state index in [1.807, 2.05) is 13.8 Å². The highest BCUT2D eigenvalue weighted by molar-refractivity contribution is 7.20. The van der Waals surface area contributed by atoms with Gasteiger partial charge in [0.1, 0.15) is 6.04 Å². The quantitative estimate of drug-likeness (QED) is 0.842. The molecule has 1 aromatic rings. The van der Waals surface area contributed by atoms with Gasteiger partial charge in [0.15, 0.2) is 0 Å². The molecule has 0 aromatic carbocycles. The second kappa shape index (κ2) is 6.59. The Morgan fingerprint density at radius 3 is 2.59 bits per heavy atom. The number of carboxylic acid groups (broad SMARTS) is 1. The molecule has 0 saturated carbocycles. The SMILES string of the molecule is CC(C)C[C@@H](NCc1cc(Cl)sc1Cl)C(=O)O. The summed E-state index contributed by atoms with van der Waals surface area (Å²) in [6.45, 7) is 4.41. The van der Waals surface area contributed by atoms with Gasteiger partial charge in [-0.1, -0.05) is 37.0 Å². The van der Waals surface area contributed by atoms with Crippen LogP contribution in [0.4, 0.5) is 0 Å².